The third kappa shape index (κ3) is 3.03. The third-order valence-corrected chi connectivity index (χ3v) is 5.18. The van der Waals surface area contributed by atoms with Crippen molar-refractivity contribution in [3.8, 4) is 0 Å². The number of para-hydroxylation sites is 1. The predicted octanol–water partition coefficient (Wildman–Crippen LogP) is 5.01. The quantitative estimate of drug-likeness (QED) is 0.547. The number of anilines is 1. The number of aromatic nitrogens is 3. The highest BCUT2D eigenvalue weighted by atomic mass is 16.1. The highest BCUT2D eigenvalue weighted by Gasteiger charge is 2.18. The molecule has 0 saturated heterocycles. The summed E-state index contributed by atoms with van der Waals surface area (Å²) < 4.78 is 1.89. The molecule has 2 heterocycles. The fourth-order valence-corrected chi connectivity index (χ4v) is 3.83. The molecule has 0 fully saturated rings. The van der Waals surface area contributed by atoms with Crippen molar-refractivity contribution in [1.82, 2.24) is 14.5 Å². The van der Waals surface area contributed by atoms with Gasteiger partial charge in [-0.05, 0) is 56.8 Å². The molecule has 2 aromatic carbocycles. The van der Waals surface area contributed by atoms with Crippen molar-refractivity contribution in [3.63, 3.8) is 0 Å². The molecular formula is C23H24N4O. The molecule has 0 bridgehead atoms. The first-order valence-electron chi connectivity index (χ1n) is 9.58. The highest BCUT2D eigenvalue weighted by molar-refractivity contribution is 5.89. The molecule has 4 aromatic rings. The molecule has 5 heteroatoms. The van der Waals surface area contributed by atoms with Gasteiger partial charge in [-0.25, -0.2) is 9.97 Å². The summed E-state index contributed by atoms with van der Waals surface area (Å²) in [7, 11) is 0. The lowest BCUT2D eigenvalue weighted by Gasteiger charge is -2.24. The third-order valence-electron chi connectivity index (χ3n) is 5.18. The number of nitrogens with zero attached hydrogens (tertiary/aromatic N) is 3. The maximum absolute atomic E-state index is 13.3. The summed E-state index contributed by atoms with van der Waals surface area (Å²) in [5.41, 5.74) is 2.90. The van der Waals surface area contributed by atoms with Crippen molar-refractivity contribution in [2.24, 2.45) is 0 Å². The van der Waals surface area contributed by atoms with E-state index in [2.05, 4.69) is 28.3 Å². The van der Waals surface area contributed by atoms with Crippen molar-refractivity contribution in [1.29, 1.82) is 0 Å². The second-order valence-electron chi connectivity index (χ2n) is 7.48. The van der Waals surface area contributed by atoms with E-state index in [0.29, 0.717) is 0 Å². The maximum Gasteiger partial charge on any atom is 0.259 e. The lowest BCUT2D eigenvalue weighted by Crippen LogP contribution is -2.28. The van der Waals surface area contributed by atoms with Gasteiger partial charge in [0.05, 0.1) is 16.9 Å². The summed E-state index contributed by atoms with van der Waals surface area (Å²) in [6.45, 7) is 8.14. The van der Waals surface area contributed by atoms with Crippen molar-refractivity contribution >= 4 is 27.5 Å². The SMILES string of the molecule is Cc1cccc2cc([C@@H](C)Nc3ncnc4ccccc34)n(C(C)C)c(=O)c12. The van der Waals surface area contributed by atoms with E-state index in [-0.39, 0.29) is 17.6 Å². The van der Waals surface area contributed by atoms with E-state index in [9.17, 15) is 4.79 Å². The van der Waals surface area contributed by atoms with E-state index in [1.807, 2.05) is 67.8 Å². The zero-order chi connectivity index (χ0) is 19.8. The molecule has 28 heavy (non-hydrogen) atoms. The second-order valence-corrected chi connectivity index (χ2v) is 7.48. The van der Waals surface area contributed by atoms with Crippen LogP contribution in [0.1, 0.15) is 44.1 Å². The van der Waals surface area contributed by atoms with E-state index in [1.54, 1.807) is 6.33 Å². The van der Waals surface area contributed by atoms with Gasteiger partial charge in [0.1, 0.15) is 12.1 Å². The number of aryl methyl sites for hydroxylation is 1. The largest absolute Gasteiger partial charge is 0.361 e. The number of fused-ring (bicyclic) bond motifs is 2. The minimum atomic E-state index is -0.0988. The number of rotatable bonds is 4. The van der Waals surface area contributed by atoms with Crippen LogP contribution in [-0.4, -0.2) is 14.5 Å². The van der Waals surface area contributed by atoms with Crippen LogP contribution in [0.5, 0.6) is 0 Å². The van der Waals surface area contributed by atoms with Crippen LogP contribution in [0.25, 0.3) is 21.7 Å². The summed E-state index contributed by atoms with van der Waals surface area (Å²) in [5, 5.41) is 6.22. The van der Waals surface area contributed by atoms with Gasteiger partial charge >= 0.3 is 0 Å². The Morgan fingerprint density at radius 2 is 1.79 bits per heavy atom. The average Bonchev–Trinajstić information content (AvgIpc) is 2.67. The monoisotopic (exact) mass is 372 g/mol. The molecule has 0 aliphatic heterocycles. The Morgan fingerprint density at radius 3 is 2.57 bits per heavy atom. The zero-order valence-electron chi connectivity index (χ0n) is 16.6. The fraction of sp³-hybridized carbons (Fsp3) is 0.261. The minimum Gasteiger partial charge on any atom is -0.361 e. The van der Waals surface area contributed by atoms with Gasteiger partial charge in [0.2, 0.25) is 0 Å². The van der Waals surface area contributed by atoms with Crippen molar-refractivity contribution in [3.05, 3.63) is 76.5 Å². The van der Waals surface area contributed by atoms with E-state index >= 15 is 0 Å². The Hall–Kier alpha value is -3.21. The van der Waals surface area contributed by atoms with E-state index in [0.717, 1.165) is 38.8 Å². The van der Waals surface area contributed by atoms with E-state index in [1.165, 1.54) is 0 Å². The van der Waals surface area contributed by atoms with Crippen LogP contribution in [0, 0.1) is 6.92 Å². The lowest BCUT2D eigenvalue weighted by atomic mass is 10.0. The van der Waals surface area contributed by atoms with E-state index in [4.69, 9.17) is 0 Å². The molecule has 0 aliphatic rings. The van der Waals surface area contributed by atoms with Crippen LogP contribution >= 0.6 is 0 Å². The van der Waals surface area contributed by atoms with Gasteiger partial charge in [0.25, 0.3) is 5.56 Å². The standard InChI is InChI=1S/C23H24N4O/c1-14(2)27-20(12-17-9-7-8-15(3)21(17)23(27)28)16(4)26-22-18-10-5-6-11-19(18)24-13-25-22/h5-14,16H,1-4H3,(H,24,25,26)/t16-/m1/s1. The van der Waals surface area contributed by atoms with Gasteiger partial charge in [-0.15, -0.1) is 0 Å². The average molecular weight is 372 g/mol. The number of benzene rings is 2. The summed E-state index contributed by atoms with van der Waals surface area (Å²) in [5.74, 6) is 0.769. The van der Waals surface area contributed by atoms with Crippen LogP contribution in [0.3, 0.4) is 0 Å². The van der Waals surface area contributed by atoms with Gasteiger partial charge in [-0.2, -0.15) is 0 Å². The smallest absolute Gasteiger partial charge is 0.259 e. The first-order chi connectivity index (χ1) is 13.5. The van der Waals surface area contributed by atoms with E-state index < -0.39 is 0 Å². The first kappa shape index (κ1) is 18.2. The maximum atomic E-state index is 13.3. The van der Waals surface area contributed by atoms with Gasteiger partial charge in [-0.3, -0.25) is 4.79 Å². The normalized spacial score (nSPS) is 12.6. The predicted molar refractivity (Wildman–Crippen MR) is 115 cm³/mol. The van der Waals surface area contributed by atoms with Gasteiger partial charge < -0.3 is 9.88 Å². The molecule has 0 saturated carbocycles. The van der Waals surface area contributed by atoms with Crippen LogP contribution in [0.2, 0.25) is 0 Å². The Balaban J connectivity index is 1.86. The number of hydrogen-bond acceptors (Lipinski definition) is 4. The molecule has 0 spiro atoms. The van der Waals surface area contributed by atoms with Crippen molar-refractivity contribution in [2.75, 3.05) is 5.32 Å². The van der Waals surface area contributed by atoms with Crippen molar-refractivity contribution < 1.29 is 0 Å². The zero-order valence-corrected chi connectivity index (χ0v) is 16.6. The van der Waals surface area contributed by atoms with Gasteiger partial charge in [0.15, 0.2) is 0 Å². The lowest BCUT2D eigenvalue weighted by molar-refractivity contribution is 0.541. The Bertz CT molecular complexity index is 1220. The molecule has 2 aromatic heterocycles. The van der Waals surface area contributed by atoms with Crippen LogP contribution in [0.4, 0.5) is 5.82 Å². The highest BCUT2D eigenvalue weighted by Crippen LogP contribution is 2.27. The summed E-state index contributed by atoms with van der Waals surface area (Å²) in [4.78, 5) is 22.1. The molecule has 0 amide bonds. The molecule has 0 aliphatic carbocycles. The number of nitrogens with one attached hydrogen (secondary N) is 1. The topological polar surface area (TPSA) is 59.8 Å². The first-order valence-corrected chi connectivity index (χ1v) is 9.58. The summed E-state index contributed by atoms with van der Waals surface area (Å²) in [6.07, 6.45) is 1.57. The minimum absolute atomic E-state index is 0.0536. The van der Waals surface area contributed by atoms with Crippen LogP contribution in [0.15, 0.2) is 59.7 Å². The molecule has 142 valence electrons. The van der Waals surface area contributed by atoms with Gasteiger partial charge in [-0.1, -0.05) is 30.3 Å². The Kier molecular flexibility index (Phi) is 4.59. The number of hydrogen-bond donors (Lipinski definition) is 1. The molecule has 0 unspecified atom stereocenters. The molecule has 0 radical (unpaired) electrons. The Morgan fingerprint density at radius 1 is 1.00 bits per heavy atom. The molecule has 1 N–H and O–H groups in total. The fourth-order valence-electron chi connectivity index (χ4n) is 3.83. The van der Waals surface area contributed by atoms with Crippen molar-refractivity contribution in [2.45, 2.75) is 39.8 Å². The second kappa shape index (κ2) is 7.08. The summed E-state index contributed by atoms with van der Waals surface area (Å²) in [6, 6.07) is 16.0. The Labute approximate surface area is 164 Å². The summed E-state index contributed by atoms with van der Waals surface area (Å²) >= 11 is 0. The molecular weight excluding hydrogens is 348 g/mol. The molecule has 1 atom stereocenters. The molecule has 4 rings (SSSR count). The van der Waals surface area contributed by atoms with Gasteiger partial charge in [0, 0.05) is 17.1 Å². The van der Waals surface area contributed by atoms with Crippen LogP contribution in [-0.2, 0) is 0 Å². The molecule has 5 nitrogen and oxygen atoms in total. The number of pyridine rings is 1. The van der Waals surface area contributed by atoms with Crippen LogP contribution < -0.4 is 10.9 Å².